The SMILES string of the molecule is C=CCC(CC#CC(C)=O)(CC=C)CC=C. The van der Waals surface area contributed by atoms with Crippen molar-refractivity contribution >= 4 is 5.78 Å². The lowest BCUT2D eigenvalue weighted by Crippen LogP contribution is -2.18. The Morgan fingerprint density at radius 2 is 1.56 bits per heavy atom. The Morgan fingerprint density at radius 3 is 1.88 bits per heavy atom. The minimum atomic E-state index is -0.0929. The predicted octanol–water partition coefficient (Wildman–Crippen LogP) is 3.68. The van der Waals surface area contributed by atoms with Crippen LogP contribution in [0.4, 0.5) is 0 Å². The molecule has 0 aromatic heterocycles. The first-order chi connectivity index (χ1) is 7.60. The van der Waals surface area contributed by atoms with Crippen LogP contribution in [0.15, 0.2) is 38.0 Å². The summed E-state index contributed by atoms with van der Waals surface area (Å²) in [4.78, 5) is 10.8. The molecule has 0 saturated heterocycles. The van der Waals surface area contributed by atoms with Crippen LogP contribution in [0.5, 0.6) is 0 Å². The molecule has 0 rings (SSSR count). The van der Waals surface area contributed by atoms with Gasteiger partial charge in [-0.05, 0) is 30.6 Å². The molecule has 0 bridgehead atoms. The van der Waals surface area contributed by atoms with Gasteiger partial charge in [-0.3, -0.25) is 4.79 Å². The summed E-state index contributed by atoms with van der Waals surface area (Å²) in [6.07, 6.45) is 8.93. The van der Waals surface area contributed by atoms with Gasteiger partial charge in [0.2, 0.25) is 5.78 Å². The van der Waals surface area contributed by atoms with E-state index in [0.717, 1.165) is 19.3 Å². The van der Waals surface area contributed by atoms with Gasteiger partial charge in [-0.15, -0.1) is 19.7 Å². The lowest BCUT2D eigenvalue weighted by atomic mass is 9.75. The van der Waals surface area contributed by atoms with Crippen molar-refractivity contribution in [1.82, 2.24) is 0 Å². The summed E-state index contributed by atoms with van der Waals surface area (Å²) < 4.78 is 0. The average Bonchev–Trinajstić information content (AvgIpc) is 2.18. The first-order valence-corrected chi connectivity index (χ1v) is 5.42. The Hall–Kier alpha value is -1.55. The van der Waals surface area contributed by atoms with Crippen molar-refractivity contribution in [2.24, 2.45) is 5.41 Å². The first-order valence-electron chi connectivity index (χ1n) is 5.42. The normalized spacial score (nSPS) is 9.81. The van der Waals surface area contributed by atoms with Gasteiger partial charge >= 0.3 is 0 Å². The van der Waals surface area contributed by atoms with Crippen LogP contribution in [0, 0.1) is 17.3 Å². The Labute approximate surface area is 98.9 Å². The number of allylic oxidation sites excluding steroid dienone is 3. The number of carbonyl (C=O) groups excluding carboxylic acids is 1. The molecule has 0 aliphatic carbocycles. The second-order valence-corrected chi connectivity index (χ2v) is 4.01. The van der Waals surface area contributed by atoms with Crippen molar-refractivity contribution in [2.45, 2.75) is 32.6 Å². The van der Waals surface area contributed by atoms with Gasteiger partial charge in [-0.1, -0.05) is 24.1 Å². The second-order valence-electron chi connectivity index (χ2n) is 4.01. The highest BCUT2D eigenvalue weighted by Crippen LogP contribution is 2.35. The van der Waals surface area contributed by atoms with Gasteiger partial charge in [-0.25, -0.2) is 0 Å². The molecular weight excluding hydrogens is 196 g/mol. The fourth-order valence-corrected chi connectivity index (χ4v) is 1.74. The first kappa shape index (κ1) is 14.5. The third-order valence-electron chi connectivity index (χ3n) is 2.46. The van der Waals surface area contributed by atoms with E-state index in [1.165, 1.54) is 6.92 Å². The highest BCUT2D eigenvalue weighted by molar-refractivity contribution is 5.93. The lowest BCUT2D eigenvalue weighted by Gasteiger charge is -2.28. The van der Waals surface area contributed by atoms with Crippen LogP contribution in [0.2, 0.25) is 0 Å². The fourth-order valence-electron chi connectivity index (χ4n) is 1.74. The maximum absolute atomic E-state index is 10.8. The molecule has 1 heteroatoms. The number of carbonyl (C=O) groups is 1. The van der Waals surface area contributed by atoms with Crippen LogP contribution in [0.1, 0.15) is 32.6 Å². The average molecular weight is 216 g/mol. The quantitative estimate of drug-likeness (QED) is 0.360. The van der Waals surface area contributed by atoms with Crippen LogP contribution >= 0.6 is 0 Å². The van der Waals surface area contributed by atoms with Gasteiger partial charge < -0.3 is 0 Å². The molecule has 0 aliphatic heterocycles. The molecule has 0 spiro atoms. The molecule has 0 radical (unpaired) electrons. The summed E-state index contributed by atoms with van der Waals surface area (Å²) in [5.41, 5.74) is 0.00764. The number of rotatable bonds is 7. The number of Topliss-reactive ketones (excluding diaryl/α,β-unsaturated/α-hetero) is 1. The molecule has 86 valence electrons. The van der Waals surface area contributed by atoms with E-state index in [0.29, 0.717) is 6.42 Å². The van der Waals surface area contributed by atoms with Crippen molar-refractivity contribution in [3.8, 4) is 11.8 Å². The zero-order chi connectivity index (χ0) is 12.4. The van der Waals surface area contributed by atoms with Crippen LogP contribution in [-0.4, -0.2) is 5.78 Å². The standard InChI is InChI=1S/C15H20O/c1-5-10-15(11-6-2,12-7-3)13-8-9-14(4)16/h5-7H,1-3,10-13H2,4H3. The van der Waals surface area contributed by atoms with Gasteiger partial charge in [0, 0.05) is 13.3 Å². The van der Waals surface area contributed by atoms with Crippen molar-refractivity contribution < 1.29 is 4.79 Å². The molecular formula is C15H20O. The molecule has 1 nitrogen and oxygen atoms in total. The van der Waals surface area contributed by atoms with Gasteiger partial charge in [0.25, 0.3) is 0 Å². The molecule has 0 aliphatic rings. The maximum atomic E-state index is 10.8. The van der Waals surface area contributed by atoms with Crippen LogP contribution in [0.25, 0.3) is 0 Å². The molecule has 0 atom stereocenters. The zero-order valence-electron chi connectivity index (χ0n) is 10.1. The lowest BCUT2D eigenvalue weighted by molar-refractivity contribution is -0.111. The van der Waals surface area contributed by atoms with Crippen LogP contribution in [0.3, 0.4) is 0 Å². The summed E-state index contributed by atoms with van der Waals surface area (Å²) in [6, 6.07) is 0. The summed E-state index contributed by atoms with van der Waals surface area (Å²) in [5, 5.41) is 0. The van der Waals surface area contributed by atoms with Gasteiger partial charge in [0.1, 0.15) is 0 Å². The molecule has 0 heterocycles. The number of hydrogen-bond donors (Lipinski definition) is 0. The van der Waals surface area contributed by atoms with E-state index in [4.69, 9.17) is 0 Å². The van der Waals surface area contributed by atoms with E-state index in [1.807, 2.05) is 18.2 Å². The minimum absolute atomic E-state index is 0.00764. The predicted molar refractivity (Wildman–Crippen MR) is 69.9 cm³/mol. The van der Waals surface area contributed by atoms with E-state index in [1.54, 1.807) is 0 Å². The Kier molecular flexibility index (Phi) is 6.96. The van der Waals surface area contributed by atoms with E-state index < -0.39 is 0 Å². The molecule has 0 amide bonds. The summed E-state index contributed by atoms with van der Waals surface area (Å²) in [5.74, 6) is 5.43. The van der Waals surface area contributed by atoms with Crippen molar-refractivity contribution in [2.75, 3.05) is 0 Å². The monoisotopic (exact) mass is 216 g/mol. The summed E-state index contributed by atoms with van der Waals surface area (Å²) >= 11 is 0. The van der Waals surface area contributed by atoms with E-state index in [9.17, 15) is 4.79 Å². The topological polar surface area (TPSA) is 17.1 Å². The third kappa shape index (κ3) is 5.36. The second kappa shape index (κ2) is 7.70. The smallest absolute Gasteiger partial charge is 0.202 e. The summed E-state index contributed by atoms with van der Waals surface area (Å²) in [7, 11) is 0. The maximum Gasteiger partial charge on any atom is 0.202 e. The molecule has 0 unspecified atom stereocenters. The van der Waals surface area contributed by atoms with E-state index in [-0.39, 0.29) is 11.2 Å². The highest BCUT2D eigenvalue weighted by atomic mass is 16.1. The molecule has 0 aromatic rings. The third-order valence-corrected chi connectivity index (χ3v) is 2.46. The molecule has 0 fully saturated rings. The van der Waals surface area contributed by atoms with Crippen LogP contribution in [-0.2, 0) is 4.79 Å². The Bertz CT molecular complexity index is 299. The number of ketones is 1. The van der Waals surface area contributed by atoms with Gasteiger partial charge in [0.05, 0.1) is 0 Å². The van der Waals surface area contributed by atoms with Crippen molar-refractivity contribution in [3.05, 3.63) is 38.0 Å². The van der Waals surface area contributed by atoms with Crippen LogP contribution < -0.4 is 0 Å². The highest BCUT2D eigenvalue weighted by Gasteiger charge is 2.24. The van der Waals surface area contributed by atoms with Crippen molar-refractivity contribution in [3.63, 3.8) is 0 Å². The molecule has 16 heavy (non-hydrogen) atoms. The van der Waals surface area contributed by atoms with Gasteiger partial charge in [-0.2, -0.15) is 0 Å². The molecule has 0 saturated carbocycles. The number of hydrogen-bond acceptors (Lipinski definition) is 1. The van der Waals surface area contributed by atoms with E-state index in [2.05, 4.69) is 31.6 Å². The van der Waals surface area contributed by atoms with Crippen molar-refractivity contribution in [1.29, 1.82) is 0 Å². The zero-order valence-corrected chi connectivity index (χ0v) is 10.1. The van der Waals surface area contributed by atoms with E-state index >= 15 is 0 Å². The van der Waals surface area contributed by atoms with Gasteiger partial charge in [0.15, 0.2) is 0 Å². The Balaban J connectivity index is 4.79. The molecule has 0 N–H and O–H groups in total. The largest absolute Gasteiger partial charge is 0.285 e. The summed E-state index contributed by atoms with van der Waals surface area (Å²) in [6.45, 7) is 12.8. The Morgan fingerprint density at radius 1 is 1.12 bits per heavy atom. The fraction of sp³-hybridized carbons (Fsp3) is 0.400. The minimum Gasteiger partial charge on any atom is -0.285 e. The molecule has 0 aromatic carbocycles.